The summed E-state index contributed by atoms with van der Waals surface area (Å²) in [4.78, 5) is 10.6. The van der Waals surface area contributed by atoms with Gasteiger partial charge in [-0.15, -0.1) is 0 Å². The minimum absolute atomic E-state index is 0.107. The Hall–Kier alpha value is -3.62. The summed E-state index contributed by atoms with van der Waals surface area (Å²) in [6, 6.07) is 14.7. The molecule has 3 aromatic rings. The van der Waals surface area contributed by atoms with Crippen LogP contribution in [-0.4, -0.2) is 15.0 Å². The van der Waals surface area contributed by atoms with Crippen LogP contribution in [0.15, 0.2) is 67.0 Å². The lowest BCUT2D eigenvalue weighted by Gasteiger charge is -2.18. The van der Waals surface area contributed by atoms with E-state index in [2.05, 4.69) is 5.32 Å². The van der Waals surface area contributed by atoms with Crippen LogP contribution in [0.5, 0.6) is 0 Å². The quantitative estimate of drug-likeness (QED) is 0.154. The molecule has 2 N–H and O–H groups in total. The molecule has 0 saturated heterocycles. The summed E-state index contributed by atoms with van der Waals surface area (Å²) >= 11 is 5.60. The molecule has 1 heterocycles. The number of aliphatic hydroxyl groups is 1. The molecule has 0 bridgehead atoms. The molecule has 0 aliphatic carbocycles. The van der Waals surface area contributed by atoms with Crippen molar-refractivity contribution < 1.29 is 19.7 Å². The van der Waals surface area contributed by atoms with Crippen LogP contribution in [0.2, 0.25) is 0 Å². The number of hydrogen-bond acceptors (Lipinski definition) is 5. The van der Waals surface area contributed by atoms with Crippen LogP contribution in [0.25, 0.3) is 11.5 Å². The average molecular weight is 436 g/mol. The van der Waals surface area contributed by atoms with Crippen molar-refractivity contribution >= 4 is 40.0 Å². The van der Waals surface area contributed by atoms with Gasteiger partial charge in [-0.05, 0) is 60.6 Å². The third kappa shape index (κ3) is 5.11. The van der Waals surface area contributed by atoms with Crippen molar-refractivity contribution in [1.29, 1.82) is 0 Å². The van der Waals surface area contributed by atoms with E-state index in [1.54, 1.807) is 29.1 Å². The number of aliphatic hydroxyl groups excluding tert-OH is 1. The Kier molecular flexibility index (Phi) is 6.74. The van der Waals surface area contributed by atoms with Gasteiger partial charge in [-0.25, -0.2) is 0 Å². The molecule has 0 radical (unpaired) electrons. The highest BCUT2D eigenvalue weighted by Crippen LogP contribution is 2.22. The molecule has 0 atom stereocenters. The zero-order chi connectivity index (χ0) is 22.5. The molecule has 0 aliphatic heterocycles. The highest BCUT2D eigenvalue weighted by atomic mass is 32.1. The van der Waals surface area contributed by atoms with E-state index >= 15 is 0 Å². The predicted octanol–water partition coefficient (Wildman–Crippen LogP) is 3.12. The standard InChI is InChI=1S/C23H21N3O4S/c1-15-5-6-16(2)20(12-15)24-23(31)21(25-11-3-4-17(13-25)14-27)22(28)18-7-9-19(10-8-18)26(29)30/h3-13,27H,14H2,1-2H3,(H-,24,28,31). The maximum Gasteiger partial charge on any atom is 0.269 e. The predicted molar refractivity (Wildman–Crippen MR) is 121 cm³/mol. The van der Waals surface area contributed by atoms with Gasteiger partial charge in [0, 0.05) is 29.4 Å². The molecule has 0 saturated carbocycles. The van der Waals surface area contributed by atoms with Gasteiger partial charge in [-0.1, -0.05) is 24.4 Å². The smallest absolute Gasteiger partial charge is 0.269 e. The lowest BCUT2D eigenvalue weighted by atomic mass is 10.1. The summed E-state index contributed by atoms with van der Waals surface area (Å²) < 4.78 is 1.55. The number of rotatable bonds is 6. The van der Waals surface area contributed by atoms with Crippen LogP contribution in [0.4, 0.5) is 11.4 Å². The monoisotopic (exact) mass is 435 g/mol. The van der Waals surface area contributed by atoms with E-state index in [-0.39, 0.29) is 28.5 Å². The maximum absolute atomic E-state index is 13.4. The second kappa shape index (κ2) is 9.46. The van der Waals surface area contributed by atoms with Crippen LogP contribution in [0.3, 0.4) is 0 Å². The van der Waals surface area contributed by atoms with Gasteiger partial charge in [-0.3, -0.25) is 10.1 Å². The number of pyridine rings is 1. The van der Waals surface area contributed by atoms with E-state index in [0.29, 0.717) is 5.56 Å². The number of nitro groups is 1. The number of anilines is 1. The average Bonchev–Trinajstić information content (AvgIpc) is 2.76. The van der Waals surface area contributed by atoms with Crippen molar-refractivity contribution in [3.8, 4) is 0 Å². The first-order chi connectivity index (χ1) is 14.8. The Morgan fingerprint density at radius 2 is 1.87 bits per heavy atom. The zero-order valence-electron chi connectivity index (χ0n) is 17.0. The third-order valence-electron chi connectivity index (χ3n) is 4.71. The number of nitro benzene ring substituents is 1. The minimum atomic E-state index is -0.523. The van der Waals surface area contributed by atoms with Gasteiger partial charge < -0.3 is 15.5 Å². The van der Waals surface area contributed by atoms with E-state index in [1.807, 2.05) is 32.0 Å². The van der Waals surface area contributed by atoms with Crippen molar-refractivity contribution in [2.45, 2.75) is 20.5 Å². The molecule has 2 aromatic carbocycles. The summed E-state index contributed by atoms with van der Waals surface area (Å²) in [7, 11) is 0. The van der Waals surface area contributed by atoms with Gasteiger partial charge in [0.05, 0.1) is 11.5 Å². The molecule has 31 heavy (non-hydrogen) atoms. The molecule has 3 rings (SSSR count). The van der Waals surface area contributed by atoms with E-state index in [1.165, 1.54) is 24.3 Å². The molecule has 7 nitrogen and oxygen atoms in total. The molecule has 0 spiro atoms. The molecular weight excluding hydrogens is 414 g/mol. The maximum atomic E-state index is 13.4. The van der Waals surface area contributed by atoms with Gasteiger partial charge in [-0.2, -0.15) is 4.57 Å². The van der Waals surface area contributed by atoms with Crippen molar-refractivity contribution in [1.82, 2.24) is 0 Å². The van der Waals surface area contributed by atoms with Crippen LogP contribution < -0.4 is 15.0 Å². The number of aromatic nitrogens is 1. The number of thiocarbonyl (C=S) groups is 1. The second-order valence-corrected chi connectivity index (χ2v) is 7.44. The highest BCUT2D eigenvalue weighted by molar-refractivity contribution is 7.81. The van der Waals surface area contributed by atoms with E-state index in [9.17, 15) is 20.3 Å². The van der Waals surface area contributed by atoms with Crippen molar-refractivity contribution in [2.24, 2.45) is 0 Å². The Labute approximate surface area is 185 Å². The third-order valence-corrected chi connectivity index (χ3v) is 5.01. The van der Waals surface area contributed by atoms with E-state index < -0.39 is 10.7 Å². The summed E-state index contributed by atoms with van der Waals surface area (Å²) in [6.45, 7) is 3.69. The normalized spacial score (nSPS) is 11.6. The van der Waals surface area contributed by atoms with Crippen LogP contribution >= 0.6 is 12.2 Å². The molecule has 0 fully saturated rings. The van der Waals surface area contributed by atoms with Crippen LogP contribution in [0, 0.1) is 24.0 Å². The lowest BCUT2D eigenvalue weighted by molar-refractivity contribution is -0.578. The first kappa shape index (κ1) is 22.1. The fourth-order valence-electron chi connectivity index (χ4n) is 3.02. The van der Waals surface area contributed by atoms with E-state index in [0.717, 1.165) is 16.8 Å². The Balaban J connectivity index is 2.11. The molecule has 158 valence electrons. The highest BCUT2D eigenvalue weighted by Gasteiger charge is 2.20. The second-order valence-electron chi connectivity index (χ2n) is 7.03. The van der Waals surface area contributed by atoms with Crippen molar-refractivity contribution in [3.05, 3.63) is 99.4 Å². The fraction of sp³-hybridized carbons (Fsp3) is 0.130. The Bertz CT molecular complexity index is 1170. The topological polar surface area (TPSA) is 102 Å². The van der Waals surface area contributed by atoms with Gasteiger partial charge >= 0.3 is 0 Å². The Morgan fingerprint density at radius 1 is 1.16 bits per heavy atom. The SMILES string of the molecule is Cc1ccc(C)c(NC(=S)/C(=C(\[O-])c2ccc([N+](=O)[O-])cc2)[n+]2cccc(CO)c2)c1. The molecular formula is C23H21N3O4S. The Morgan fingerprint density at radius 3 is 2.52 bits per heavy atom. The summed E-state index contributed by atoms with van der Waals surface area (Å²) in [5.41, 5.74) is 3.69. The van der Waals surface area contributed by atoms with Crippen LogP contribution in [-0.2, 0) is 6.61 Å². The minimum Gasteiger partial charge on any atom is -0.867 e. The summed E-state index contributed by atoms with van der Waals surface area (Å²) in [6.07, 6.45) is 3.28. The number of nitrogens with one attached hydrogen (secondary N) is 1. The van der Waals surface area contributed by atoms with Gasteiger partial charge in [0.1, 0.15) is 0 Å². The number of non-ortho nitro benzene ring substituents is 1. The number of nitrogens with zero attached hydrogens (tertiary/aromatic N) is 2. The van der Waals surface area contributed by atoms with Crippen molar-refractivity contribution in [3.63, 3.8) is 0 Å². The molecule has 0 amide bonds. The molecule has 0 aliphatic rings. The number of benzene rings is 2. The van der Waals surface area contributed by atoms with Gasteiger partial charge in [0.2, 0.25) is 5.70 Å². The number of aryl methyl sites for hydroxylation is 2. The van der Waals surface area contributed by atoms with Gasteiger partial charge in [0.15, 0.2) is 17.4 Å². The van der Waals surface area contributed by atoms with Gasteiger partial charge in [0.25, 0.3) is 5.69 Å². The lowest BCUT2D eigenvalue weighted by Crippen LogP contribution is -2.40. The summed E-state index contributed by atoms with van der Waals surface area (Å²) in [5, 5.41) is 37.0. The number of hydrogen-bond donors (Lipinski definition) is 2. The zero-order valence-corrected chi connectivity index (χ0v) is 17.8. The van der Waals surface area contributed by atoms with E-state index in [4.69, 9.17) is 12.2 Å². The van der Waals surface area contributed by atoms with Crippen LogP contribution in [0.1, 0.15) is 22.3 Å². The summed E-state index contributed by atoms with van der Waals surface area (Å²) in [5.74, 6) is -0.405. The molecule has 0 unspecified atom stereocenters. The molecule has 1 aromatic heterocycles. The first-order valence-corrected chi connectivity index (χ1v) is 9.87. The fourth-order valence-corrected chi connectivity index (χ4v) is 3.33. The first-order valence-electron chi connectivity index (χ1n) is 9.46. The van der Waals surface area contributed by atoms with Crippen molar-refractivity contribution in [2.75, 3.05) is 5.32 Å². The molecule has 8 heteroatoms. The largest absolute Gasteiger partial charge is 0.867 e.